The lowest BCUT2D eigenvalue weighted by Gasteiger charge is -2.27. The molecule has 1 heterocycles. The molecule has 0 spiro atoms. The van der Waals surface area contributed by atoms with Gasteiger partial charge in [-0.05, 0) is 54.3 Å². The van der Waals surface area contributed by atoms with Crippen LogP contribution < -0.4 is 26.8 Å². The van der Waals surface area contributed by atoms with Crippen molar-refractivity contribution in [3.05, 3.63) is 136 Å². The van der Waals surface area contributed by atoms with Crippen molar-refractivity contribution in [1.29, 1.82) is 0 Å². The summed E-state index contributed by atoms with van der Waals surface area (Å²) in [7, 11) is -2.66. The summed E-state index contributed by atoms with van der Waals surface area (Å²) >= 11 is 1.53. The number of rotatable bonds is 8. The number of nitrogens with one attached hydrogen (secondary N) is 1. The van der Waals surface area contributed by atoms with Crippen LogP contribution in [-0.4, -0.2) is 20.6 Å². The van der Waals surface area contributed by atoms with E-state index >= 15 is 0 Å². The van der Waals surface area contributed by atoms with Crippen LogP contribution in [0.1, 0.15) is 6.92 Å². The van der Waals surface area contributed by atoms with Gasteiger partial charge >= 0.3 is 0 Å². The summed E-state index contributed by atoms with van der Waals surface area (Å²) in [4.78, 5) is 33.0. The maximum Gasteiger partial charge on any atom is 0.296 e. The number of thioether (sulfide) groups is 1. The van der Waals surface area contributed by atoms with E-state index in [1.807, 2.05) is 61.5 Å². The number of aromatic nitrogens is 2. The average Bonchev–Trinajstić information content (AvgIpc) is 2.96. The Kier molecular flexibility index (Phi) is 7.50. The molecule has 8 heteroatoms. The van der Waals surface area contributed by atoms with Crippen LogP contribution in [0.25, 0.3) is 11.4 Å². The summed E-state index contributed by atoms with van der Waals surface area (Å²) < 4.78 is 0. The predicted molar refractivity (Wildman–Crippen MR) is 158 cm³/mol. The Morgan fingerprint density at radius 3 is 1.68 bits per heavy atom. The summed E-state index contributed by atoms with van der Waals surface area (Å²) in [6, 6.07) is 36.6. The van der Waals surface area contributed by atoms with Gasteiger partial charge in [0, 0.05) is 17.7 Å². The van der Waals surface area contributed by atoms with E-state index in [1.54, 1.807) is 12.1 Å². The Balaban J connectivity index is 1.86. The Labute approximate surface area is 225 Å². The number of nitro benzene ring substituents is 1. The van der Waals surface area contributed by atoms with Crippen molar-refractivity contribution in [1.82, 2.24) is 9.97 Å². The SMILES string of the molecule is CCSc1nc(-c2ccc([N+](=O)[O-])cc2)[nH]c(=O)c1[P+](c1ccccc1)(c1ccccc1)c1ccccc1. The molecule has 1 aromatic heterocycles. The van der Waals surface area contributed by atoms with Crippen LogP contribution in [0.5, 0.6) is 0 Å². The number of aromatic amines is 1. The van der Waals surface area contributed by atoms with E-state index in [0.717, 1.165) is 21.7 Å². The second-order valence-corrected chi connectivity index (χ2v) is 13.1. The van der Waals surface area contributed by atoms with Gasteiger partial charge in [0.1, 0.15) is 26.8 Å². The van der Waals surface area contributed by atoms with Crippen molar-refractivity contribution in [3.8, 4) is 11.4 Å². The molecular formula is C30H25N3O3PS+. The number of benzene rings is 4. The van der Waals surface area contributed by atoms with Crippen molar-refractivity contribution >= 4 is 45.9 Å². The molecule has 0 saturated carbocycles. The van der Waals surface area contributed by atoms with Gasteiger partial charge < -0.3 is 4.98 Å². The van der Waals surface area contributed by atoms with E-state index in [2.05, 4.69) is 41.4 Å². The van der Waals surface area contributed by atoms with Crippen molar-refractivity contribution in [2.45, 2.75) is 11.9 Å². The van der Waals surface area contributed by atoms with Crippen molar-refractivity contribution < 1.29 is 4.92 Å². The minimum absolute atomic E-state index is 0.0157. The zero-order chi connectivity index (χ0) is 26.5. The Bertz CT molecular complexity index is 1510. The highest BCUT2D eigenvalue weighted by molar-refractivity contribution is 8.04. The Morgan fingerprint density at radius 1 is 0.789 bits per heavy atom. The monoisotopic (exact) mass is 538 g/mol. The molecule has 0 saturated heterocycles. The van der Waals surface area contributed by atoms with Crippen molar-refractivity contribution in [2.75, 3.05) is 5.75 Å². The van der Waals surface area contributed by atoms with Gasteiger partial charge in [0.05, 0.1) is 4.92 Å². The first-order chi connectivity index (χ1) is 18.6. The zero-order valence-corrected chi connectivity index (χ0v) is 22.4. The van der Waals surface area contributed by atoms with Gasteiger partial charge in [-0.2, -0.15) is 0 Å². The summed E-state index contributed by atoms with van der Waals surface area (Å²) in [5.74, 6) is 1.11. The lowest BCUT2D eigenvalue weighted by Crippen LogP contribution is -2.46. The molecule has 38 heavy (non-hydrogen) atoms. The fourth-order valence-corrected chi connectivity index (χ4v) is 10.1. The van der Waals surface area contributed by atoms with Crippen LogP contribution in [0.2, 0.25) is 0 Å². The quantitative estimate of drug-likeness (QED) is 0.0979. The normalized spacial score (nSPS) is 11.3. The highest BCUT2D eigenvalue weighted by atomic mass is 32.2. The zero-order valence-electron chi connectivity index (χ0n) is 20.7. The van der Waals surface area contributed by atoms with Gasteiger partial charge in [-0.25, -0.2) is 4.98 Å². The number of hydrogen-bond acceptors (Lipinski definition) is 5. The third-order valence-corrected chi connectivity index (χ3v) is 11.6. The highest BCUT2D eigenvalue weighted by Gasteiger charge is 2.52. The van der Waals surface area contributed by atoms with Gasteiger partial charge in [-0.1, -0.05) is 61.5 Å². The molecule has 0 unspecified atom stereocenters. The lowest BCUT2D eigenvalue weighted by atomic mass is 10.2. The maximum absolute atomic E-state index is 14.3. The molecule has 188 valence electrons. The van der Waals surface area contributed by atoms with Gasteiger partial charge in [0.15, 0.2) is 7.26 Å². The van der Waals surface area contributed by atoms with Crippen molar-refractivity contribution in [2.24, 2.45) is 0 Å². The molecular weight excluding hydrogens is 513 g/mol. The molecule has 1 N–H and O–H groups in total. The second kappa shape index (κ2) is 11.1. The molecule has 5 aromatic rings. The summed E-state index contributed by atoms with van der Waals surface area (Å²) in [5.41, 5.74) is 0.382. The standard InChI is InChI=1S/C30H24N3O3PS/c1-2-38-30-27(29(34)31-28(32-30)22-18-20-23(21-19-22)33(35)36)37(24-12-6-3-7-13-24,25-14-8-4-9-15-25)26-16-10-5-11-17-26/h3-21H,2H2,1H3/p+1. The van der Waals surface area contributed by atoms with Crippen LogP contribution in [0, 0.1) is 10.1 Å². The number of nitro groups is 1. The Morgan fingerprint density at radius 2 is 1.26 bits per heavy atom. The molecule has 0 aliphatic carbocycles. The van der Waals surface area contributed by atoms with Crippen molar-refractivity contribution in [3.63, 3.8) is 0 Å². The lowest BCUT2D eigenvalue weighted by molar-refractivity contribution is -0.384. The Hall–Kier alpha value is -4.06. The van der Waals surface area contributed by atoms with Gasteiger partial charge in [-0.3, -0.25) is 14.9 Å². The topological polar surface area (TPSA) is 88.9 Å². The molecule has 0 amide bonds. The van der Waals surface area contributed by atoms with E-state index in [-0.39, 0.29) is 11.2 Å². The molecule has 0 fully saturated rings. The minimum atomic E-state index is -2.66. The molecule has 0 radical (unpaired) electrons. The first kappa shape index (κ1) is 25.6. The highest BCUT2D eigenvalue weighted by Crippen LogP contribution is 2.54. The van der Waals surface area contributed by atoms with E-state index < -0.39 is 12.2 Å². The van der Waals surface area contributed by atoms with E-state index in [9.17, 15) is 14.9 Å². The van der Waals surface area contributed by atoms with Crippen LogP contribution in [0.3, 0.4) is 0 Å². The van der Waals surface area contributed by atoms with Gasteiger partial charge in [-0.15, -0.1) is 11.8 Å². The fraction of sp³-hybridized carbons (Fsp3) is 0.0667. The van der Waals surface area contributed by atoms with Crippen LogP contribution >= 0.6 is 19.0 Å². The molecule has 0 aliphatic heterocycles. The molecule has 0 bridgehead atoms. The van der Waals surface area contributed by atoms with E-state index in [4.69, 9.17) is 4.98 Å². The molecule has 5 rings (SSSR count). The summed E-state index contributed by atoms with van der Waals surface area (Å²) in [6.07, 6.45) is 0. The predicted octanol–water partition coefficient (Wildman–Crippen LogP) is 5.08. The third-order valence-electron chi connectivity index (χ3n) is 6.26. The number of nitrogens with zero attached hydrogens (tertiary/aromatic N) is 2. The average molecular weight is 539 g/mol. The first-order valence-electron chi connectivity index (χ1n) is 12.1. The summed E-state index contributed by atoms with van der Waals surface area (Å²) in [6.45, 7) is 2.04. The van der Waals surface area contributed by atoms with Crippen LogP contribution in [0.4, 0.5) is 5.69 Å². The number of hydrogen-bond donors (Lipinski definition) is 1. The van der Waals surface area contributed by atoms with E-state index in [1.165, 1.54) is 23.9 Å². The second-order valence-electron chi connectivity index (χ2n) is 8.48. The molecule has 6 nitrogen and oxygen atoms in total. The van der Waals surface area contributed by atoms with Crippen LogP contribution in [-0.2, 0) is 0 Å². The van der Waals surface area contributed by atoms with Gasteiger partial charge in [0.25, 0.3) is 11.2 Å². The first-order valence-corrected chi connectivity index (χ1v) is 14.9. The molecule has 4 aromatic carbocycles. The minimum Gasteiger partial charge on any atom is -0.303 e. The summed E-state index contributed by atoms with van der Waals surface area (Å²) in [5, 5.41) is 15.6. The molecule has 0 atom stereocenters. The molecule has 0 aliphatic rings. The third kappa shape index (κ3) is 4.67. The van der Waals surface area contributed by atoms with Gasteiger partial charge in [0.2, 0.25) is 5.30 Å². The van der Waals surface area contributed by atoms with Crippen LogP contribution in [0.15, 0.2) is 125 Å². The largest absolute Gasteiger partial charge is 0.303 e. The maximum atomic E-state index is 14.3. The van der Waals surface area contributed by atoms with E-state index in [0.29, 0.717) is 21.7 Å². The smallest absolute Gasteiger partial charge is 0.296 e. The number of non-ortho nitro benzene ring substituents is 1. The number of H-pyrrole nitrogens is 1. The fourth-order valence-electron chi connectivity index (χ4n) is 4.65.